The monoisotopic (exact) mass is 800 g/mol. The third kappa shape index (κ3) is 6.29. The minimum atomic E-state index is -2.02. The van der Waals surface area contributed by atoms with Crippen LogP contribution >= 0.6 is 0 Å². The molecule has 2 aliphatic heterocycles. The minimum Gasteiger partial charge on any atom is -0.458 e. The van der Waals surface area contributed by atoms with Crippen molar-refractivity contribution in [2.24, 2.45) is 0 Å². The number of benzene rings is 3. The molecule has 12 nitrogen and oxygen atoms in total. The van der Waals surface area contributed by atoms with E-state index in [1.807, 2.05) is 57.2 Å². The highest BCUT2D eigenvalue weighted by atomic mass is 19.1. The lowest BCUT2D eigenvalue weighted by Gasteiger charge is -2.31. The van der Waals surface area contributed by atoms with Crippen molar-refractivity contribution in [3.05, 3.63) is 121 Å². The van der Waals surface area contributed by atoms with E-state index >= 15 is 4.39 Å². The summed E-state index contributed by atoms with van der Waals surface area (Å²) in [5.41, 5.74) is 5.27. The van der Waals surface area contributed by atoms with Gasteiger partial charge in [0.1, 0.15) is 25.1 Å². The van der Waals surface area contributed by atoms with Crippen LogP contribution in [0.25, 0.3) is 33.4 Å². The molecule has 0 unspecified atom stereocenters. The fourth-order valence-corrected chi connectivity index (χ4v) is 9.27. The number of esters is 1. The number of aromatic nitrogens is 2. The number of pyridine rings is 2. The first-order valence-corrected chi connectivity index (χ1v) is 20.1. The Morgan fingerprint density at radius 1 is 1.05 bits per heavy atom. The van der Waals surface area contributed by atoms with Gasteiger partial charge in [0.25, 0.3) is 5.56 Å². The van der Waals surface area contributed by atoms with E-state index in [0.29, 0.717) is 51.8 Å². The first-order chi connectivity index (χ1) is 28.2. The number of hydrogen-bond donors (Lipinski definition) is 3. The number of carbonyl (C=O) groups is 3. The number of amides is 2. The third-order valence-corrected chi connectivity index (χ3v) is 12.3. The second-order valence-electron chi connectivity index (χ2n) is 16.9. The lowest BCUT2D eigenvalue weighted by Crippen LogP contribution is -2.51. The first-order valence-electron chi connectivity index (χ1n) is 20.1. The summed E-state index contributed by atoms with van der Waals surface area (Å²) >= 11 is 0. The van der Waals surface area contributed by atoms with Gasteiger partial charge in [0, 0.05) is 28.5 Å². The molecule has 4 heterocycles. The third-order valence-electron chi connectivity index (χ3n) is 12.3. The average Bonchev–Trinajstić information content (AvgIpc) is 3.75. The maximum Gasteiger partial charge on any atom is 0.407 e. The number of nitrogens with one attached hydrogen (secondary N) is 2. The molecule has 59 heavy (non-hydrogen) atoms. The molecule has 0 radical (unpaired) electrons. The Hall–Kier alpha value is -5.92. The highest BCUT2D eigenvalue weighted by Gasteiger charge is 2.46. The van der Waals surface area contributed by atoms with Crippen LogP contribution in [0.3, 0.4) is 0 Å². The Bertz CT molecular complexity index is 2640. The van der Waals surface area contributed by atoms with Gasteiger partial charge in [-0.05, 0) is 92.0 Å². The fraction of sp³-hybridized carbons (Fsp3) is 0.370. The van der Waals surface area contributed by atoms with Gasteiger partial charge in [-0.3, -0.25) is 9.59 Å². The molecule has 3 N–H and O–H groups in total. The number of carbonyl (C=O) groups excluding carboxylic acids is 3. The number of nitrogens with zero attached hydrogens (tertiary/aromatic N) is 2. The van der Waals surface area contributed by atoms with E-state index in [2.05, 4.69) is 22.8 Å². The number of rotatable bonds is 8. The summed E-state index contributed by atoms with van der Waals surface area (Å²) in [7, 11) is 0. The lowest BCUT2D eigenvalue weighted by molar-refractivity contribution is -0.172. The molecule has 0 saturated carbocycles. The van der Waals surface area contributed by atoms with Gasteiger partial charge in [-0.2, -0.15) is 0 Å². The number of aryl methyl sites for hydroxylation is 1. The highest BCUT2D eigenvalue weighted by molar-refractivity contribution is 5.94. The topological polar surface area (TPSA) is 158 Å². The Balaban J connectivity index is 1.04. The number of aliphatic hydroxyl groups is 1. The van der Waals surface area contributed by atoms with E-state index in [9.17, 15) is 24.3 Å². The van der Waals surface area contributed by atoms with Crippen molar-refractivity contribution in [3.8, 4) is 22.5 Å². The molecule has 304 valence electrons. The molecule has 3 aromatic carbocycles. The van der Waals surface area contributed by atoms with Gasteiger partial charge in [0.05, 0.1) is 47.3 Å². The summed E-state index contributed by atoms with van der Waals surface area (Å²) < 4.78 is 34.1. The van der Waals surface area contributed by atoms with Crippen LogP contribution in [0.2, 0.25) is 0 Å². The van der Waals surface area contributed by atoms with Gasteiger partial charge in [-0.25, -0.2) is 19.0 Å². The maximum absolute atomic E-state index is 15.5. The van der Waals surface area contributed by atoms with Gasteiger partial charge in [0.15, 0.2) is 5.60 Å². The van der Waals surface area contributed by atoms with E-state index < -0.39 is 52.6 Å². The van der Waals surface area contributed by atoms with Crippen molar-refractivity contribution in [3.63, 3.8) is 0 Å². The Morgan fingerprint density at radius 2 is 1.75 bits per heavy atom. The molecule has 2 amide bonds. The molecule has 0 spiro atoms. The fourth-order valence-electron chi connectivity index (χ4n) is 9.27. The van der Waals surface area contributed by atoms with Gasteiger partial charge in [-0.1, -0.05) is 55.5 Å². The van der Waals surface area contributed by atoms with Crippen LogP contribution in [-0.2, 0) is 49.0 Å². The molecule has 4 aliphatic rings. The predicted molar refractivity (Wildman–Crippen MR) is 216 cm³/mol. The Morgan fingerprint density at radius 3 is 2.42 bits per heavy atom. The molecule has 0 saturated heterocycles. The Labute approximate surface area is 339 Å². The van der Waals surface area contributed by atoms with Crippen molar-refractivity contribution in [2.45, 2.75) is 96.2 Å². The molecule has 2 aromatic heterocycles. The van der Waals surface area contributed by atoms with Crippen LogP contribution in [0.5, 0.6) is 0 Å². The van der Waals surface area contributed by atoms with Crippen molar-refractivity contribution in [1.29, 1.82) is 0 Å². The summed E-state index contributed by atoms with van der Waals surface area (Å²) in [6.07, 6.45) is 0.0412. The molecule has 2 aliphatic carbocycles. The molecule has 5 aromatic rings. The summed E-state index contributed by atoms with van der Waals surface area (Å²) in [4.78, 5) is 59.7. The maximum atomic E-state index is 15.5. The van der Waals surface area contributed by atoms with Crippen LogP contribution in [0.4, 0.5) is 9.18 Å². The number of fused-ring (bicyclic) bond motifs is 8. The molecular weight excluding hydrogens is 756 g/mol. The zero-order chi connectivity index (χ0) is 41.5. The van der Waals surface area contributed by atoms with Gasteiger partial charge < -0.3 is 34.5 Å². The van der Waals surface area contributed by atoms with Crippen molar-refractivity contribution in [2.75, 3.05) is 13.2 Å². The van der Waals surface area contributed by atoms with Gasteiger partial charge in [0.2, 0.25) is 5.91 Å². The van der Waals surface area contributed by atoms with Gasteiger partial charge in [-0.15, -0.1) is 0 Å². The van der Waals surface area contributed by atoms with Crippen LogP contribution in [0.15, 0.2) is 65.5 Å². The second-order valence-corrected chi connectivity index (χ2v) is 16.9. The van der Waals surface area contributed by atoms with Crippen LogP contribution < -0.4 is 16.2 Å². The number of cyclic esters (lactones) is 1. The highest BCUT2D eigenvalue weighted by Crippen LogP contribution is 2.47. The molecular formula is C46H45FN4O8. The molecule has 9 rings (SSSR count). The van der Waals surface area contributed by atoms with Crippen LogP contribution in [0, 0.1) is 12.7 Å². The van der Waals surface area contributed by atoms with Crippen LogP contribution in [0.1, 0.15) is 97.0 Å². The molecule has 0 fully saturated rings. The Kier molecular flexibility index (Phi) is 9.24. The summed E-state index contributed by atoms with van der Waals surface area (Å²) in [6.45, 7) is 8.63. The average molecular weight is 801 g/mol. The SMILES string of the molecule is CC[C@@]1(O)C(=O)OCc2c1cc1n(c2=O)Cc2c-1nc1cc(F)c(C)c3c1c2[C@@H](NC(=O)[C@H](COC(C)(C)C)NC(=O)OCC1c2ccccc2-c2ccccc21)CC3. The van der Waals surface area contributed by atoms with E-state index in [1.165, 1.54) is 10.6 Å². The van der Waals surface area contributed by atoms with Crippen molar-refractivity contribution in [1.82, 2.24) is 20.2 Å². The van der Waals surface area contributed by atoms with Gasteiger partial charge >= 0.3 is 12.1 Å². The smallest absolute Gasteiger partial charge is 0.407 e. The number of ether oxygens (including phenoxy) is 3. The lowest BCUT2D eigenvalue weighted by atomic mass is 9.81. The van der Waals surface area contributed by atoms with E-state index in [4.69, 9.17) is 19.2 Å². The molecule has 13 heteroatoms. The van der Waals surface area contributed by atoms with Crippen molar-refractivity contribution >= 4 is 28.9 Å². The first kappa shape index (κ1) is 38.6. The normalized spacial score (nSPS) is 19.2. The van der Waals surface area contributed by atoms with Crippen LogP contribution in [-0.4, -0.2) is 57.5 Å². The summed E-state index contributed by atoms with van der Waals surface area (Å²) in [5.74, 6) is -1.95. The quantitative estimate of drug-likeness (QED) is 0.149. The largest absolute Gasteiger partial charge is 0.458 e. The number of hydrogen-bond acceptors (Lipinski definition) is 9. The summed E-state index contributed by atoms with van der Waals surface area (Å²) in [6, 6.07) is 17.3. The van der Waals surface area contributed by atoms with E-state index in [-0.39, 0.29) is 49.8 Å². The molecule has 3 atom stereocenters. The van der Waals surface area contributed by atoms with E-state index in [1.54, 1.807) is 19.9 Å². The second kappa shape index (κ2) is 14.1. The predicted octanol–water partition coefficient (Wildman–Crippen LogP) is 6.35. The number of halogens is 1. The van der Waals surface area contributed by atoms with Crippen molar-refractivity contribution < 1.29 is 38.1 Å². The zero-order valence-electron chi connectivity index (χ0n) is 33.5. The number of alkyl carbamates (subject to hydrolysis) is 1. The standard InChI is InChI=1S/C46H45FN4O8/c1-6-46(56)32-17-37-40-29(19-51(37)42(53)31(32)21-57-43(46)54)39-34(16-15-24-23(2)33(47)18-35(48-40)38(24)39)49-41(52)36(22-59-45(3,4)5)50-44(55)58-20-30-27-13-9-7-11-25(27)26-12-8-10-14-28(26)30/h7-14,17-18,30,34,36,56H,6,15-16,19-22H2,1-5H3,(H,49,52)(H,50,55)/t34-,36-,46-/m0/s1. The molecule has 0 bridgehead atoms. The zero-order valence-corrected chi connectivity index (χ0v) is 33.5. The minimum absolute atomic E-state index is 0.0168. The summed E-state index contributed by atoms with van der Waals surface area (Å²) in [5, 5.41) is 18.0. The van der Waals surface area contributed by atoms with E-state index in [0.717, 1.165) is 27.8 Å².